The van der Waals surface area contributed by atoms with Gasteiger partial charge in [-0.2, -0.15) is 0 Å². The van der Waals surface area contributed by atoms with Crippen LogP contribution in [0.15, 0.2) is 194 Å². The fraction of sp³-hybridized carbons (Fsp3) is 0.0526. The average Bonchev–Trinajstić information content (AvgIpc) is 3.67. The molecule has 0 aliphatic carbocycles. The normalized spacial score (nSPS) is 11.4. The van der Waals surface area contributed by atoms with Crippen LogP contribution in [0.5, 0.6) is 0 Å². The second-order valence-corrected chi connectivity index (χ2v) is 16.2. The first kappa shape index (κ1) is 38.5. The molecule has 0 fully saturated rings. The van der Waals surface area contributed by atoms with E-state index in [2.05, 4.69) is 98.1 Å². The highest BCUT2D eigenvalue weighted by Gasteiger charge is 2.22. The van der Waals surface area contributed by atoms with Gasteiger partial charge in [0.05, 0.1) is 16.7 Å². The van der Waals surface area contributed by atoms with E-state index in [4.69, 9.17) is 29.9 Å². The zero-order chi connectivity index (χ0) is 43.1. The fourth-order valence-corrected chi connectivity index (χ4v) is 8.94. The van der Waals surface area contributed by atoms with Crippen LogP contribution in [0.1, 0.15) is 16.7 Å². The average molecular weight is 824 g/mol. The van der Waals surface area contributed by atoms with Crippen molar-refractivity contribution in [2.24, 2.45) is 0 Å². The Labute approximate surface area is 371 Å². The molecule has 0 aliphatic heterocycles. The first-order chi connectivity index (χ1) is 31.4. The molecular formula is C57H41N7. The number of hydrogen-bond donors (Lipinski definition) is 0. The van der Waals surface area contributed by atoms with Crippen molar-refractivity contribution in [2.75, 3.05) is 0 Å². The van der Waals surface area contributed by atoms with Crippen molar-refractivity contribution in [2.45, 2.75) is 20.8 Å². The molecule has 0 unspecified atom stereocenters. The van der Waals surface area contributed by atoms with Gasteiger partial charge < -0.3 is 4.57 Å². The summed E-state index contributed by atoms with van der Waals surface area (Å²) in [4.78, 5) is 30.9. The highest BCUT2D eigenvalue weighted by atomic mass is 15.1. The molecule has 0 N–H and O–H groups in total. The van der Waals surface area contributed by atoms with Crippen LogP contribution >= 0.6 is 0 Å². The summed E-state index contributed by atoms with van der Waals surface area (Å²) in [5, 5.41) is 2.30. The van der Waals surface area contributed by atoms with Gasteiger partial charge in [0, 0.05) is 44.2 Å². The quantitative estimate of drug-likeness (QED) is 0.152. The maximum Gasteiger partial charge on any atom is 0.166 e. The third-order valence-electron chi connectivity index (χ3n) is 11.8. The van der Waals surface area contributed by atoms with E-state index in [-0.39, 0.29) is 0 Å². The lowest BCUT2D eigenvalue weighted by Crippen LogP contribution is -2.05. The van der Waals surface area contributed by atoms with E-state index in [0.29, 0.717) is 34.9 Å². The predicted molar refractivity (Wildman–Crippen MR) is 260 cm³/mol. The number of hydrogen-bond acceptors (Lipinski definition) is 6. The van der Waals surface area contributed by atoms with Crippen molar-refractivity contribution in [1.29, 1.82) is 0 Å². The molecule has 0 saturated carbocycles. The van der Waals surface area contributed by atoms with Crippen LogP contribution in [0.3, 0.4) is 0 Å². The van der Waals surface area contributed by atoms with Gasteiger partial charge in [0.2, 0.25) is 0 Å². The molecule has 0 spiro atoms. The number of aryl methyl sites for hydroxylation is 3. The summed E-state index contributed by atoms with van der Waals surface area (Å²) in [5.41, 5.74) is 14.4. The highest BCUT2D eigenvalue weighted by Crippen LogP contribution is 2.40. The van der Waals surface area contributed by atoms with Gasteiger partial charge >= 0.3 is 0 Å². The number of benzene rings is 8. The minimum Gasteiger partial charge on any atom is -0.308 e. The molecule has 0 atom stereocenters. The van der Waals surface area contributed by atoms with Gasteiger partial charge in [-0.15, -0.1) is 0 Å². The van der Waals surface area contributed by atoms with Crippen LogP contribution in [-0.4, -0.2) is 34.5 Å². The summed E-state index contributed by atoms with van der Waals surface area (Å²) in [6.07, 6.45) is 0. The molecule has 0 bridgehead atoms. The van der Waals surface area contributed by atoms with Gasteiger partial charge in [-0.05, 0) is 73.4 Å². The third kappa shape index (κ3) is 7.09. The second kappa shape index (κ2) is 16.1. The first-order valence-corrected chi connectivity index (χ1v) is 21.5. The maximum absolute atomic E-state index is 5.30. The number of para-hydroxylation sites is 1. The fourth-order valence-electron chi connectivity index (χ4n) is 8.94. The van der Waals surface area contributed by atoms with E-state index in [1.807, 2.05) is 121 Å². The Balaban J connectivity index is 1.22. The van der Waals surface area contributed by atoms with Gasteiger partial charge in [-0.1, -0.05) is 169 Å². The molecular weight excluding hydrogens is 783 g/mol. The van der Waals surface area contributed by atoms with Gasteiger partial charge in [0.1, 0.15) is 0 Å². The van der Waals surface area contributed by atoms with Crippen LogP contribution in [0.4, 0.5) is 0 Å². The zero-order valence-electron chi connectivity index (χ0n) is 35.6. The summed E-state index contributed by atoms with van der Waals surface area (Å²) >= 11 is 0. The summed E-state index contributed by atoms with van der Waals surface area (Å²) in [7, 11) is 0. The number of fused-ring (bicyclic) bond motifs is 3. The van der Waals surface area contributed by atoms with Gasteiger partial charge in [0.25, 0.3) is 0 Å². The number of nitrogens with zero attached hydrogens (tertiary/aromatic N) is 7. The molecule has 0 aliphatic rings. The van der Waals surface area contributed by atoms with Crippen molar-refractivity contribution in [3.63, 3.8) is 0 Å². The van der Waals surface area contributed by atoms with E-state index in [1.165, 1.54) is 22.3 Å². The maximum atomic E-state index is 5.30. The lowest BCUT2D eigenvalue weighted by molar-refractivity contribution is 1.06. The Kier molecular flexibility index (Phi) is 9.70. The Morgan fingerprint density at radius 3 is 1.22 bits per heavy atom. The largest absolute Gasteiger partial charge is 0.308 e. The highest BCUT2D eigenvalue weighted by molar-refractivity contribution is 6.11. The number of rotatable bonds is 8. The lowest BCUT2D eigenvalue weighted by atomic mass is 9.93. The van der Waals surface area contributed by atoms with Crippen LogP contribution in [0.25, 0.3) is 107 Å². The number of aromatic nitrogens is 7. The van der Waals surface area contributed by atoms with E-state index in [0.717, 1.165) is 66.4 Å². The van der Waals surface area contributed by atoms with Crippen LogP contribution < -0.4 is 0 Å². The molecule has 3 aromatic heterocycles. The molecule has 11 rings (SSSR count). The molecule has 304 valence electrons. The molecule has 11 aromatic rings. The third-order valence-corrected chi connectivity index (χ3v) is 11.8. The summed E-state index contributed by atoms with van der Waals surface area (Å²) < 4.78 is 2.36. The molecule has 8 aromatic carbocycles. The molecule has 7 heteroatoms. The smallest absolute Gasteiger partial charge is 0.166 e. The van der Waals surface area contributed by atoms with Crippen molar-refractivity contribution >= 4 is 21.8 Å². The Morgan fingerprint density at radius 2 is 0.719 bits per heavy atom. The van der Waals surface area contributed by atoms with E-state index >= 15 is 0 Å². The Bertz CT molecular complexity index is 3370. The Morgan fingerprint density at radius 1 is 0.312 bits per heavy atom. The van der Waals surface area contributed by atoms with Gasteiger partial charge in [-0.25, -0.2) is 29.9 Å². The van der Waals surface area contributed by atoms with Crippen LogP contribution in [0.2, 0.25) is 0 Å². The van der Waals surface area contributed by atoms with E-state index in [1.54, 1.807) is 0 Å². The monoisotopic (exact) mass is 823 g/mol. The predicted octanol–water partition coefficient (Wildman–Crippen LogP) is 13.7. The topological polar surface area (TPSA) is 82.3 Å². The van der Waals surface area contributed by atoms with E-state index < -0.39 is 0 Å². The zero-order valence-corrected chi connectivity index (χ0v) is 35.6. The van der Waals surface area contributed by atoms with Crippen molar-refractivity contribution < 1.29 is 0 Å². The standard InChI is InChI=1S/C57H41N7/c1-36-32-37(2)51(38(3)33-36)43-28-30-46-45-26-16-17-27-48(45)64(50(46)35-43)49-31-29-44(56-60-52(39-18-8-4-9-19-39)58-53(61-56)40-20-10-5-11-21-40)34-47(49)57-62-54(41-22-12-6-13-23-41)59-55(63-57)42-24-14-7-15-25-42/h4-35H,1-3H3. The summed E-state index contributed by atoms with van der Waals surface area (Å²) in [5.74, 6) is 3.39. The van der Waals surface area contributed by atoms with Crippen molar-refractivity contribution in [1.82, 2.24) is 34.5 Å². The minimum absolute atomic E-state index is 0.525. The first-order valence-electron chi connectivity index (χ1n) is 21.5. The summed E-state index contributed by atoms with van der Waals surface area (Å²) in [6.45, 7) is 6.56. The van der Waals surface area contributed by atoms with Crippen molar-refractivity contribution in [3.8, 4) is 85.1 Å². The second-order valence-electron chi connectivity index (χ2n) is 16.2. The molecule has 0 amide bonds. The van der Waals surface area contributed by atoms with Crippen molar-refractivity contribution in [3.05, 3.63) is 211 Å². The molecule has 3 heterocycles. The summed E-state index contributed by atoms with van der Waals surface area (Å²) in [6, 6.07) is 66.7. The minimum atomic E-state index is 0.525. The molecule has 64 heavy (non-hydrogen) atoms. The van der Waals surface area contributed by atoms with Crippen LogP contribution in [0, 0.1) is 20.8 Å². The molecule has 0 radical (unpaired) electrons. The molecule has 0 saturated heterocycles. The van der Waals surface area contributed by atoms with E-state index in [9.17, 15) is 0 Å². The van der Waals surface area contributed by atoms with Gasteiger partial charge in [0.15, 0.2) is 34.9 Å². The Hall–Kier alpha value is -8.42. The SMILES string of the molecule is Cc1cc(C)c(-c2ccc3c4ccccc4n(-c4ccc(-c5nc(-c6ccccc6)nc(-c6ccccc6)n5)cc4-c4nc(-c5ccccc5)nc(-c5ccccc5)n4)c3c2)c(C)c1. The van der Waals surface area contributed by atoms with Gasteiger partial charge in [-0.3, -0.25) is 0 Å². The molecule has 7 nitrogen and oxygen atoms in total. The van der Waals surface area contributed by atoms with Crippen LogP contribution in [-0.2, 0) is 0 Å². The lowest BCUT2D eigenvalue weighted by Gasteiger charge is -2.17.